The lowest BCUT2D eigenvalue weighted by Crippen LogP contribution is -2.30. The minimum Gasteiger partial charge on any atom is -0.396 e. The molecule has 3 heteroatoms. The molecule has 190 valence electrons. The monoisotopic (exact) mass is 459 g/mol. The smallest absolute Gasteiger partial charge is 0.138 e. The van der Waals surface area contributed by atoms with Crippen LogP contribution in [0.2, 0.25) is 0 Å². The second-order valence-electron chi connectivity index (χ2n) is 9.12. The quantitative estimate of drug-likeness (QED) is 0.235. The van der Waals surface area contributed by atoms with Crippen molar-refractivity contribution in [1.29, 1.82) is 0 Å². The Bertz CT molecular complexity index is 617. The van der Waals surface area contributed by atoms with Gasteiger partial charge >= 0.3 is 0 Å². The molecule has 0 radical (unpaired) electrons. The van der Waals surface area contributed by atoms with Gasteiger partial charge in [-0.25, -0.2) is 0 Å². The van der Waals surface area contributed by atoms with E-state index < -0.39 is 0 Å². The van der Waals surface area contributed by atoms with Gasteiger partial charge in [-0.05, 0) is 69.4 Å². The minimum absolute atomic E-state index is 0.0104. The standard InChI is InChI=1S/C18H28O.C10H19NO.C2H6/c1-3-10-18(13-8-5-9-14-19)16(2)15-17-11-6-4-7-12-17;1-2-9(12)10(7-8-11)5-3-4-6-10;1-2/h4,6-7,10-12,16,19H,3,5,8-9,13-15H2,1-2H3;2-8,11H2,1H3;1-2H3/b18-10+;;. The lowest BCUT2D eigenvalue weighted by Gasteiger charge is -2.26. The number of hydrogen-bond acceptors (Lipinski definition) is 3. The molecule has 1 aromatic rings. The molecule has 1 aromatic carbocycles. The number of aliphatic hydroxyl groups excluding tert-OH is 1. The van der Waals surface area contributed by atoms with Crippen LogP contribution in [-0.4, -0.2) is 24.0 Å². The predicted molar refractivity (Wildman–Crippen MR) is 144 cm³/mol. The summed E-state index contributed by atoms with van der Waals surface area (Å²) >= 11 is 0. The molecule has 3 nitrogen and oxygen atoms in total. The molecule has 0 spiro atoms. The van der Waals surface area contributed by atoms with Crippen LogP contribution in [0.25, 0.3) is 0 Å². The summed E-state index contributed by atoms with van der Waals surface area (Å²) in [6.07, 6.45) is 15.3. The third-order valence-electron chi connectivity index (χ3n) is 6.70. The van der Waals surface area contributed by atoms with Crippen LogP contribution in [0.15, 0.2) is 42.0 Å². The van der Waals surface area contributed by atoms with Gasteiger partial charge in [-0.3, -0.25) is 4.79 Å². The molecule has 0 aliphatic heterocycles. The number of carbonyl (C=O) groups is 1. The van der Waals surface area contributed by atoms with Crippen molar-refractivity contribution < 1.29 is 9.90 Å². The fourth-order valence-electron chi connectivity index (χ4n) is 4.90. The molecular formula is C30H53NO2. The Kier molecular flexibility index (Phi) is 19.1. The van der Waals surface area contributed by atoms with Crippen molar-refractivity contribution in [3.8, 4) is 0 Å². The van der Waals surface area contributed by atoms with E-state index >= 15 is 0 Å². The largest absolute Gasteiger partial charge is 0.396 e. The van der Waals surface area contributed by atoms with Crippen LogP contribution in [0.4, 0.5) is 0 Å². The second kappa shape index (κ2) is 20.0. The molecule has 2 rings (SSSR count). The van der Waals surface area contributed by atoms with E-state index in [1.807, 2.05) is 20.8 Å². The number of rotatable bonds is 13. The zero-order chi connectivity index (χ0) is 25.0. The maximum Gasteiger partial charge on any atom is 0.138 e. The van der Waals surface area contributed by atoms with Crippen molar-refractivity contribution in [2.45, 2.75) is 112 Å². The number of ketones is 1. The van der Waals surface area contributed by atoms with Crippen molar-refractivity contribution in [3.63, 3.8) is 0 Å². The third-order valence-corrected chi connectivity index (χ3v) is 6.70. The van der Waals surface area contributed by atoms with Gasteiger partial charge in [-0.15, -0.1) is 0 Å². The summed E-state index contributed by atoms with van der Waals surface area (Å²) in [4.78, 5) is 11.7. The van der Waals surface area contributed by atoms with Gasteiger partial charge in [0.2, 0.25) is 0 Å². The molecule has 1 unspecified atom stereocenters. The number of nitrogens with two attached hydrogens (primary N) is 1. The maximum absolute atomic E-state index is 11.7. The first-order valence-electron chi connectivity index (χ1n) is 13.6. The Morgan fingerprint density at radius 2 is 1.73 bits per heavy atom. The van der Waals surface area contributed by atoms with Crippen LogP contribution < -0.4 is 5.73 Å². The number of carbonyl (C=O) groups excluding carboxylic acids is 1. The van der Waals surface area contributed by atoms with E-state index in [2.05, 4.69) is 50.3 Å². The predicted octanol–water partition coefficient (Wildman–Crippen LogP) is 7.66. The SMILES string of the molecule is CC.CC/C=C(\CCCCCO)C(C)Cc1ccccc1.CCC(=O)C1(CCN)CCCC1. The van der Waals surface area contributed by atoms with Gasteiger partial charge in [0.15, 0.2) is 0 Å². The Morgan fingerprint density at radius 3 is 2.24 bits per heavy atom. The number of unbranched alkanes of at least 4 members (excludes halogenated alkanes) is 2. The Hall–Kier alpha value is -1.45. The van der Waals surface area contributed by atoms with Gasteiger partial charge in [0.05, 0.1) is 0 Å². The molecular weight excluding hydrogens is 406 g/mol. The average Bonchev–Trinajstić information content (AvgIpc) is 3.33. The zero-order valence-corrected chi connectivity index (χ0v) is 22.4. The average molecular weight is 460 g/mol. The number of aliphatic hydroxyl groups is 1. The van der Waals surface area contributed by atoms with Crippen LogP contribution in [-0.2, 0) is 11.2 Å². The molecule has 33 heavy (non-hydrogen) atoms. The van der Waals surface area contributed by atoms with Crippen molar-refractivity contribution in [1.82, 2.24) is 0 Å². The van der Waals surface area contributed by atoms with E-state index in [4.69, 9.17) is 10.8 Å². The van der Waals surface area contributed by atoms with Gasteiger partial charge in [-0.1, -0.05) is 95.9 Å². The summed E-state index contributed by atoms with van der Waals surface area (Å²) in [6.45, 7) is 11.5. The molecule has 1 aliphatic carbocycles. The highest BCUT2D eigenvalue weighted by Gasteiger charge is 2.38. The summed E-state index contributed by atoms with van der Waals surface area (Å²) in [7, 11) is 0. The first-order valence-corrected chi connectivity index (χ1v) is 13.6. The van der Waals surface area contributed by atoms with E-state index in [1.165, 1.54) is 31.2 Å². The van der Waals surface area contributed by atoms with E-state index in [0.29, 0.717) is 31.3 Å². The van der Waals surface area contributed by atoms with Crippen molar-refractivity contribution >= 4 is 5.78 Å². The fraction of sp³-hybridized carbons (Fsp3) is 0.700. The van der Waals surface area contributed by atoms with Gasteiger partial charge < -0.3 is 10.8 Å². The molecule has 1 atom stereocenters. The van der Waals surface area contributed by atoms with Crippen molar-refractivity contribution in [3.05, 3.63) is 47.5 Å². The summed E-state index contributed by atoms with van der Waals surface area (Å²) in [5, 5.41) is 8.82. The second-order valence-corrected chi connectivity index (χ2v) is 9.12. The molecule has 1 aliphatic rings. The summed E-state index contributed by atoms with van der Waals surface area (Å²) in [5.74, 6) is 1.06. The van der Waals surface area contributed by atoms with Crippen molar-refractivity contribution in [2.75, 3.05) is 13.2 Å². The molecule has 0 heterocycles. The topological polar surface area (TPSA) is 63.3 Å². The van der Waals surface area contributed by atoms with Crippen LogP contribution in [0.5, 0.6) is 0 Å². The highest BCUT2D eigenvalue weighted by molar-refractivity contribution is 5.84. The lowest BCUT2D eigenvalue weighted by molar-refractivity contribution is -0.128. The van der Waals surface area contributed by atoms with Crippen LogP contribution in [0, 0.1) is 11.3 Å². The normalized spacial score (nSPS) is 15.7. The molecule has 3 N–H and O–H groups in total. The maximum atomic E-state index is 11.7. The first-order chi connectivity index (χ1) is 16.0. The highest BCUT2D eigenvalue weighted by atomic mass is 16.2. The van der Waals surface area contributed by atoms with E-state index in [9.17, 15) is 4.79 Å². The summed E-state index contributed by atoms with van der Waals surface area (Å²) in [6, 6.07) is 10.7. The van der Waals surface area contributed by atoms with Gasteiger partial charge in [0, 0.05) is 18.4 Å². The highest BCUT2D eigenvalue weighted by Crippen LogP contribution is 2.42. The molecule has 0 amide bonds. The fourth-order valence-corrected chi connectivity index (χ4v) is 4.90. The van der Waals surface area contributed by atoms with Crippen LogP contribution in [0.3, 0.4) is 0 Å². The molecule has 0 bridgehead atoms. The van der Waals surface area contributed by atoms with E-state index in [1.54, 1.807) is 5.57 Å². The summed E-state index contributed by atoms with van der Waals surface area (Å²) < 4.78 is 0. The lowest BCUT2D eigenvalue weighted by atomic mass is 9.77. The molecule has 0 saturated heterocycles. The Morgan fingerprint density at radius 1 is 1.09 bits per heavy atom. The number of benzene rings is 1. The number of hydrogen-bond donors (Lipinski definition) is 2. The van der Waals surface area contributed by atoms with Gasteiger partial charge in [0.1, 0.15) is 5.78 Å². The minimum atomic E-state index is -0.0104. The molecule has 1 fully saturated rings. The zero-order valence-electron chi connectivity index (χ0n) is 22.4. The number of allylic oxidation sites excluding steroid dienone is 2. The Balaban J connectivity index is 0.000000627. The van der Waals surface area contributed by atoms with Crippen molar-refractivity contribution in [2.24, 2.45) is 17.1 Å². The van der Waals surface area contributed by atoms with E-state index in [-0.39, 0.29) is 5.41 Å². The van der Waals surface area contributed by atoms with E-state index in [0.717, 1.165) is 44.9 Å². The first kappa shape index (κ1) is 31.6. The Labute approximate surface area is 205 Å². The van der Waals surface area contributed by atoms with Crippen LogP contribution >= 0.6 is 0 Å². The molecule has 0 aromatic heterocycles. The number of Topliss-reactive ketones (excluding diaryl/α,β-unsaturated/α-hetero) is 1. The molecule has 1 saturated carbocycles. The van der Waals surface area contributed by atoms with Gasteiger partial charge in [0.25, 0.3) is 0 Å². The van der Waals surface area contributed by atoms with Gasteiger partial charge in [-0.2, -0.15) is 0 Å². The summed E-state index contributed by atoms with van der Waals surface area (Å²) in [5.41, 5.74) is 8.53. The van der Waals surface area contributed by atoms with Crippen LogP contribution in [0.1, 0.15) is 111 Å². The third kappa shape index (κ3) is 12.5.